The van der Waals surface area contributed by atoms with E-state index in [0.29, 0.717) is 19.4 Å². The van der Waals surface area contributed by atoms with Gasteiger partial charge in [0.2, 0.25) is 5.91 Å². The summed E-state index contributed by atoms with van der Waals surface area (Å²) >= 11 is 0. The maximum atomic E-state index is 13.3. The fourth-order valence-corrected chi connectivity index (χ4v) is 2.60. The number of rotatable bonds is 6. The van der Waals surface area contributed by atoms with Gasteiger partial charge in [0, 0.05) is 13.0 Å². The van der Waals surface area contributed by atoms with Crippen LogP contribution in [0.25, 0.3) is 0 Å². The molecular formula is C16H20FNO4. The number of likely N-dealkylation sites (tertiary alicyclic amines) is 1. The molecule has 1 N–H and O–H groups in total. The number of carboxylic acid groups (broad SMARTS) is 1. The van der Waals surface area contributed by atoms with Crippen molar-refractivity contribution in [3.05, 3.63) is 30.1 Å². The minimum Gasteiger partial charge on any atom is -0.491 e. The second-order valence-electron chi connectivity index (χ2n) is 5.32. The van der Waals surface area contributed by atoms with Gasteiger partial charge in [-0.15, -0.1) is 0 Å². The van der Waals surface area contributed by atoms with Crippen LogP contribution in [0.5, 0.6) is 5.75 Å². The van der Waals surface area contributed by atoms with E-state index in [1.807, 2.05) is 0 Å². The van der Waals surface area contributed by atoms with Gasteiger partial charge in [0.1, 0.15) is 6.04 Å². The summed E-state index contributed by atoms with van der Waals surface area (Å²) in [4.78, 5) is 24.7. The number of para-hydroxylation sites is 1. The van der Waals surface area contributed by atoms with Crippen molar-refractivity contribution < 1.29 is 23.8 Å². The van der Waals surface area contributed by atoms with Crippen LogP contribution in [0.2, 0.25) is 0 Å². The van der Waals surface area contributed by atoms with Crippen molar-refractivity contribution in [2.45, 2.75) is 38.1 Å². The molecule has 0 bridgehead atoms. The van der Waals surface area contributed by atoms with Crippen LogP contribution in [0.15, 0.2) is 24.3 Å². The number of halogens is 1. The van der Waals surface area contributed by atoms with Crippen molar-refractivity contribution in [3.8, 4) is 5.75 Å². The predicted octanol–water partition coefficient (Wildman–Crippen LogP) is 2.45. The molecule has 1 atom stereocenters. The number of nitrogens with zero attached hydrogens (tertiary/aromatic N) is 1. The molecule has 1 aromatic rings. The molecule has 1 amide bonds. The van der Waals surface area contributed by atoms with Crippen LogP contribution >= 0.6 is 0 Å². The summed E-state index contributed by atoms with van der Waals surface area (Å²) in [6.45, 7) is 0.711. The summed E-state index contributed by atoms with van der Waals surface area (Å²) in [6, 6.07) is 5.38. The highest BCUT2D eigenvalue weighted by Gasteiger charge is 2.31. The Hall–Kier alpha value is -2.11. The molecule has 0 unspecified atom stereocenters. The van der Waals surface area contributed by atoms with Crippen LogP contribution in [0.4, 0.5) is 4.39 Å². The maximum Gasteiger partial charge on any atom is 0.326 e. The van der Waals surface area contributed by atoms with Crippen LogP contribution in [0.1, 0.15) is 32.1 Å². The van der Waals surface area contributed by atoms with E-state index in [1.54, 1.807) is 12.1 Å². The van der Waals surface area contributed by atoms with E-state index in [2.05, 4.69) is 0 Å². The van der Waals surface area contributed by atoms with Crippen molar-refractivity contribution in [1.29, 1.82) is 0 Å². The van der Waals surface area contributed by atoms with Gasteiger partial charge >= 0.3 is 5.97 Å². The number of piperidine rings is 1. The summed E-state index contributed by atoms with van der Waals surface area (Å²) in [6.07, 6.45) is 2.80. The first-order valence-corrected chi connectivity index (χ1v) is 7.49. The molecule has 0 saturated carbocycles. The lowest BCUT2D eigenvalue weighted by molar-refractivity contribution is -0.152. The van der Waals surface area contributed by atoms with Crippen LogP contribution in [0, 0.1) is 5.82 Å². The number of hydrogen-bond donors (Lipinski definition) is 1. The Kier molecular flexibility index (Phi) is 5.75. The van der Waals surface area contributed by atoms with Crippen molar-refractivity contribution in [3.63, 3.8) is 0 Å². The number of hydrogen-bond acceptors (Lipinski definition) is 3. The third-order valence-electron chi connectivity index (χ3n) is 3.74. The fraction of sp³-hybridized carbons (Fsp3) is 0.500. The van der Waals surface area contributed by atoms with Gasteiger partial charge in [-0.3, -0.25) is 4.79 Å². The summed E-state index contributed by atoms with van der Waals surface area (Å²) in [5.74, 6) is -1.40. The number of ether oxygens (including phenoxy) is 1. The quantitative estimate of drug-likeness (QED) is 0.820. The molecule has 1 aromatic carbocycles. The molecular weight excluding hydrogens is 289 g/mol. The number of benzene rings is 1. The first kappa shape index (κ1) is 16.3. The van der Waals surface area contributed by atoms with E-state index < -0.39 is 17.8 Å². The van der Waals surface area contributed by atoms with Crippen LogP contribution in [0.3, 0.4) is 0 Å². The maximum absolute atomic E-state index is 13.3. The molecule has 1 aliphatic heterocycles. The molecule has 120 valence electrons. The lowest BCUT2D eigenvalue weighted by Crippen LogP contribution is -2.47. The fourth-order valence-electron chi connectivity index (χ4n) is 2.60. The minimum absolute atomic E-state index is 0.163. The third-order valence-corrected chi connectivity index (χ3v) is 3.74. The molecule has 6 heteroatoms. The Morgan fingerprint density at radius 3 is 2.82 bits per heavy atom. The van der Waals surface area contributed by atoms with E-state index in [-0.39, 0.29) is 24.7 Å². The molecule has 1 saturated heterocycles. The lowest BCUT2D eigenvalue weighted by atomic mass is 10.0. The highest BCUT2D eigenvalue weighted by Crippen LogP contribution is 2.19. The first-order valence-electron chi connectivity index (χ1n) is 7.49. The van der Waals surface area contributed by atoms with Gasteiger partial charge in [-0.1, -0.05) is 12.1 Å². The molecule has 5 nitrogen and oxygen atoms in total. The number of carboxylic acids is 1. The van der Waals surface area contributed by atoms with Gasteiger partial charge in [0.15, 0.2) is 11.6 Å². The van der Waals surface area contributed by atoms with Gasteiger partial charge in [-0.2, -0.15) is 0 Å². The minimum atomic E-state index is -0.948. The van der Waals surface area contributed by atoms with Crippen molar-refractivity contribution >= 4 is 11.9 Å². The monoisotopic (exact) mass is 309 g/mol. The van der Waals surface area contributed by atoms with Crippen LogP contribution < -0.4 is 4.74 Å². The topological polar surface area (TPSA) is 66.8 Å². The molecule has 0 aromatic heterocycles. The first-order chi connectivity index (χ1) is 10.6. The number of carbonyl (C=O) groups excluding carboxylic acids is 1. The Bertz CT molecular complexity index is 535. The SMILES string of the molecule is O=C(O)[C@H]1CCCCN1C(=O)CCCOc1ccccc1F. The summed E-state index contributed by atoms with van der Waals surface area (Å²) in [7, 11) is 0. The predicted molar refractivity (Wildman–Crippen MR) is 78.1 cm³/mol. The van der Waals surface area contributed by atoms with Crippen LogP contribution in [-0.4, -0.2) is 41.1 Å². The largest absolute Gasteiger partial charge is 0.491 e. The van der Waals surface area contributed by atoms with E-state index in [1.165, 1.54) is 17.0 Å². The second-order valence-corrected chi connectivity index (χ2v) is 5.32. The van der Waals surface area contributed by atoms with Gasteiger partial charge in [-0.05, 0) is 37.8 Å². The standard InChI is InChI=1S/C16H20FNO4/c17-12-6-1-2-8-14(12)22-11-5-9-15(19)18-10-4-3-7-13(18)16(20)21/h1-2,6,8,13H,3-5,7,9-11H2,(H,20,21)/t13-/m1/s1. The number of carbonyl (C=O) groups is 2. The molecule has 1 aliphatic rings. The molecule has 22 heavy (non-hydrogen) atoms. The molecule has 1 fully saturated rings. The zero-order chi connectivity index (χ0) is 15.9. The van der Waals surface area contributed by atoms with Crippen LogP contribution in [-0.2, 0) is 9.59 Å². The molecule has 0 spiro atoms. The summed E-state index contributed by atoms with van der Waals surface area (Å²) in [5.41, 5.74) is 0. The van der Waals surface area contributed by atoms with Gasteiger partial charge in [0.05, 0.1) is 6.61 Å². The molecule has 1 heterocycles. The lowest BCUT2D eigenvalue weighted by Gasteiger charge is -2.33. The van der Waals surface area contributed by atoms with E-state index in [4.69, 9.17) is 9.84 Å². The van der Waals surface area contributed by atoms with Gasteiger partial charge in [-0.25, -0.2) is 9.18 Å². The average Bonchev–Trinajstić information content (AvgIpc) is 2.52. The second kappa shape index (κ2) is 7.77. The smallest absolute Gasteiger partial charge is 0.326 e. The van der Waals surface area contributed by atoms with Crippen molar-refractivity contribution in [2.24, 2.45) is 0 Å². The Balaban J connectivity index is 1.77. The van der Waals surface area contributed by atoms with E-state index in [0.717, 1.165) is 12.8 Å². The van der Waals surface area contributed by atoms with Gasteiger partial charge in [0.25, 0.3) is 0 Å². The Morgan fingerprint density at radius 2 is 2.09 bits per heavy atom. The highest BCUT2D eigenvalue weighted by atomic mass is 19.1. The average molecular weight is 309 g/mol. The number of amides is 1. The highest BCUT2D eigenvalue weighted by molar-refractivity contribution is 5.83. The van der Waals surface area contributed by atoms with E-state index >= 15 is 0 Å². The normalized spacial score (nSPS) is 18.0. The van der Waals surface area contributed by atoms with Crippen molar-refractivity contribution in [2.75, 3.05) is 13.2 Å². The van der Waals surface area contributed by atoms with Gasteiger partial charge < -0.3 is 14.7 Å². The molecule has 2 rings (SSSR count). The molecule has 0 aliphatic carbocycles. The third kappa shape index (κ3) is 4.19. The summed E-state index contributed by atoms with van der Waals surface area (Å²) in [5, 5.41) is 9.15. The Labute approximate surface area is 128 Å². The summed E-state index contributed by atoms with van der Waals surface area (Å²) < 4.78 is 18.6. The van der Waals surface area contributed by atoms with Crippen molar-refractivity contribution in [1.82, 2.24) is 4.90 Å². The van der Waals surface area contributed by atoms with E-state index in [9.17, 15) is 14.0 Å². The molecule has 0 radical (unpaired) electrons. The number of aliphatic carboxylic acids is 1. The zero-order valence-corrected chi connectivity index (χ0v) is 12.3. The Morgan fingerprint density at radius 1 is 1.32 bits per heavy atom. The zero-order valence-electron chi connectivity index (χ0n) is 12.3.